The molecular weight excluding hydrogens is 796 g/mol. The molecule has 1 aromatic heterocycles. The van der Waals surface area contributed by atoms with Gasteiger partial charge in [0.2, 0.25) is 0 Å². The normalized spacial score (nSPS) is 37.8. The second-order valence-electron chi connectivity index (χ2n) is 15.8. The highest BCUT2D eigenvalue weighted by molar-refractivity contribution is 9.10. The van der Waals surface area contributed by atoms with Crippen molar-refractivity contribution < 1.29 is 48.0 Å². The summed E-state index contributed by atoms with van der Waals surface area (Å²) in [6, 6.07) is 2.60. The van der Waals surface area contributed by atoms with Gasteiger partial charge in [-0.1, -0.05) is 45.9 Å². The highest BCUT2D eigenvalue weighted by atomic mass is 79.9. The molecule has 0 radical (unpaired) electrons. The number of alkyl carbamates (subject to hydrolysis) is 1. The number of cyclic esters (lactones) is 1. The highest BCUT2D eigenvalue weighted by Gasteiger charge is 2.57. The summed E-state index contributed by atoms with van der Waals surface area (Å²) in [5.41, 5.74) is -2.11. The van der Waals surface area contributed by atoms with Crippen molar-refractivity contribution in [3.63, 3.8) is 0 Å². The van der Waals surface area contributed by atoms with Crippen molar-refractivity contribution in [3.05, 3.63) is 34.6 Å². The van der Waals surface area contributed by atoms with Crippen LogP contribution in [0.5, 0.6) is 0 Å². The first-order chi connectivity index (χ1) is 25.7. The van der Waals surface area contributed by atoms with Gasteiger partial charge in [-0.05, 0) is 101 Å². The number of pyridine rings is 1. The van der Waals surface area contributed by atoms with Crippen LogP contribution >= 0.6 is 28.1 Å². The van der Waals surface area contributed by atoms with E-state index in [0.29, 0.717) is 17.4 Å². The molecule has 3 fully saturated rings. The Kier molecular flexibility index (Phi) is 15.0. The predicted octanol–water partition coefficient (Wildman–Crippen LogP) is 4.59. The fourth-order valence-corrected chi connectivity index (χ4v) is 8.70. The van der Waals surface area contributed by atoms with E-state index in [2.05, 4.69) is 31.5 Å². The Morgan fingerprint density at radius 2 is 1.84 bits per heavy atom. The maximum absolute atomic E-state index is 14.4. The molecule has 4 rings (SSSR count). The topological polar surface area (TPSA) is 175 Å². The van der Waals surface area contributed by atoms with Gasteiger partial charge in [-0.15, -0.1) is 0 Å². The number of Topliss-reactive ketones (excluding diaryl/α,β-unsaturated/α-hetero) is 2. The minimum absolute atomic E-state index is 0.0661. The number of ketones is 2. The molecule has 13 atom stereocenters. The fraction of sp³-hybridized carbons (Fsp3) is 0.692. The number of hydrogen-bond acceptors (Lipinski definition) is 13. The number of aliphatic hydroxyl groups is 1. The summed E-state index contributed by atoms with van der Waals surface area (Å²) in [5, 5.41) is 17.4. The van der Waals surface area contributed by atoms with Crippen molar-refractivity contribution in [3.8, 4) is 0 Å². The third-order valence-electron chi connectivity index (χ3n) is 11.2. The van der Waals surface area contributed by atoms with Crippen LogP contribution in [0.4, 0.5) is 4.79 Å². The molecule has 1 amide bonds. The molecule has 0 spiro atoms. The summed E-state index contributed by atoms with van der Waals surface area (Å²) < 4.78 is 31.8. The number of aliphatic hydroxyl groups excluding tert-OH is 1. The lowest BCUT2D eigenvalue weighted by Gasteiger charge is -2.47. The smallest absolute Gasteiger partial charge is 0.408 e. The van der Waals surface area contributed by atoms with Gasteiger partial charge in [0.15, 0.2) is 17.7 Å². The Labute approximate surface area is 337 Å². The van der Waals surface area contributed by atoms with Crippen molar-refractivity contribution in [1.82, 2.24) is 20.5 Å². The lowest BCUT2D eigenvalue weighted by atomic mass is 9.73. The first-order valence-electron chi connectivity index (χ1n) is 18.9. The molecule has 16 heteroatoms. The SMILES string of the molecule is CC[C@H]1OC(=O)[C@H](C)C(=O)[C@H](C)[C@@H](O[C@@H]2O[C@H](C)C[C@H](N(C)C)[C@H]2O)[C@](C)(OC(=O)NC/C=C/c2ccc(Br)nc2)C[C@@H](C)C(=O)[C@H](C)[C@H]2NC(=S)O[C@@]21C. The molecular formula is C39H57BrN4O10S. The van der Waals surface area contributed by atoms with E-state index in [0.717, 1.165) is 5.56 Å². The molecule has 55 heavy (non-hydrogen) atoms. The molecule has 3 aliphatic rings. The summed E-state index contributed by atoms with van der Waals surface area (Å²) >= 11 is 8.71. The van der Waals surface area contributed by atoms with E-state index < -0.39 is 83.4 Å². The molecule has 306 valence electrons. The van der Waals surface area contributed by atoms with Crippen LogP contribution in [0.1, 0.15) is 80.2 Å². The number of amides is 1. The van der Waals surface area contributed by atoms with Gasteiger partial charge in [0, 0.05) is 36.5 Å². The van der Waals surface area contributed by atoms with Crippen LogP contribution in [0.25, 0.3) is 6.08 Å². The fourth-order valence-electron chi connectivity index (χ4n) is 8.16. The molecule has 0 unspecified atom stereocenters. The van der Waals surface area contributed by atoms with Crippen LogP contribution in [0.2, 0.25) is 0 Å². The van der Waals surface area contributed by atoms with Crippen molar-refractivity contribution in [2.24, 2.45) is 23.7 Å². The van der Waals surface area contributed by atoms with Crippen molar-refractivity contribution in [2.45, 2.75) is 129 Å². The second-order valence-corrected chi connectivity index (χ2v) is 17.0. The first kappa shape index (κ1) is 44.7. The third kappa shape index (κ3) is 10.3. The van der Waals surface area contributed by atoms with Gasteiger partial charge < -0.3 is 44.3 Å². The van der Waals surface area contributed by atoms with E-state index in [1.54, 1.807) is 59.0 Å². The summed E-state index contributed by atoms with van der Waals surface area (Å²) in [4.78, 5) is 62.4. The molecule has 14 nitrogen and oxygen atoms in total. The molecule has 3 saturated heterocycles. The number of halogens is 1. The van der Waals surface area contributed by atoms with Gasteiger partial charge in [0.1, 0.15) is 40.2 Å². The van der Waals surface area contributed by atoms with Gasteiger partial charge in [-0.25, -0.2) is 9.78 Å². The number of aromatic nitrogens is 1. The second kappa shape index (κ2) is 18.5. The van der Waals surface area contributed by atoms with Crippen molar-refractivity contribution >= 4 is 63.0 Å². The van der Waals surface area contributed by atoms with Gasteiger partial charge in [-0.3, -0.25) is 14.4 Å². The Morgan fingerprint density at radius 1 is 1.15 bits per heavy atom. The summed E-state index contributed by atoms with van der Waals surface area (Å²) in [6.07, 6.45) is 0.177. The molecule has 3 aliphatic heterocycles. The summed E-state index contributed by atoms with van der Waals surface area (Å²) in [5.74, 6) is -5.44. The standard InChI is InChI=1S/C39H57BrN4O10S/c1-11-27-39(8)32(43-37(55)54-39)22(4)29(45)20(2)18-38(7,53-36(49)41-16-12-13-25-14-15-28(40)42-19-25)33(23(5)30(46)24(6)34(48)51-27)52-35-31(47)26(44(9)10)17-21(3)50-35/h12-15,19-24,26-27,31-33,35,47H,11,16-18H2,1-10H3,(H,41,49)(H,43,55)/b13-12+/t20-,21-,22+,23+,24-,26+,27-,31-,32-,33-,35+,38-,39-/m1/s1. The summed E-state index contributed by atoms with van der Waals surface area (Å²) in [6.45, 7) is 13.6. The van der Waals surface area contributed by atoms with E-state index in [-0.39, 0.29) is 36.1 Å². The van der Waals surface area contributed by atoms with Crippen LogP contribution in [-0.2, 0) is 38.1 Å². The lowest BCUT2D eigenvalue weighted by Crippen LogP contribution is -2.60. The Bertz CT molecular complexity index is 1600. The molecule has 0 bridgehead atoms. The van der Waals surface area contributed by atoms with E-state index >= 15 is 0 Å². The summed E-state index contributed by atoms with van der Waals surface area (Å²) in [7, 11) is 3.67. The van der Waals surface area contributed by atoms with Gasteiger partial charge in [0.05, 0.1) is 12.1 Å². The number of likely N-dealkylation sites (N-methyl/N-ethyl adjacent to an activating group) is 1. The Hall–Kier alpha value is -3.02. The van der Waals surface area contributed by atoms with Crippen LogP contribution in [-0.4, -0.2) is 118 Å². The van der Waals surface area contributed by atoms with Crippen LogP contribution in [0.15, 0.2) is 29.0 Å². The monoisotopic (exact) mass is 852 g/mol. The van der Waals surface area contributed by atoms with Crippen molar-refractivity contribution in [2.75, 3.05) is 20.6 Å². The number of carbonyl (C=O) groups is 4. The van der Waals surface area contributed by atoms with E-state index in [4.69, 9.17) is 35.9 Å². The number of esters is 1. The van der Waals surface area contributed by atoms with Crippen LogP contribution in [0.3, 0.4) is 0 Å². The molecule has 4 heterocycles. The van der Waals surface area contributed by atoms with E-state index in [9.17, 15) is 24.3 Å². The number of nitrogens with one attached hydrogen (secondary N) is 2. The van der Waals surface area contributed by atoms with Gasteiger partial charge in [-0.2, -0.15) is 0 Å². The zero-order chi connectivity index (χ0) is 41.0. The van der Waals surface area contributed by atoms with Gasteiger partial charge >= 0.3 is 12.1 Å². The van der Waals surface area contributed by atoms with Crippen LogP contribution < -0.4 is 10.6 Å². The maximum atomic E-state index is 14.4. The number of thiocarbonyl (C=S) groups is 1. The zero-order valence-electron chi connectivity index (χ0n) is 33.4. The van der Waals surface area contributed by atoms with Crippen molar-refractivity contribution in [1.29, 1.82) is 0 Å². The Balaban J connectivity index is 1.77. The highest BCUT2D eigenvalue weighted by Crippen LogP contribution is 2.40. The minimum atomic E-state index is -1.69. The zero-order valence-corrected chi connectivity index (χ0v) is 35.8. The quantitative estimate of drug-likeness (QED) is 0.143. The lowest BCUT2D eigenvalue weighted by molar-refractivity contribution is -0.292. The molecule has 0 aromatic carbocycles. The largest absolute Gasteiger partial charge is 0.459 e. The van der Waals surface area contributed by atoms with Crippen LogP contribution in [0, 0.1) is 23.7 Å². The van der Waals surface area contributed by atoms with E-state index in [1.165, 1.54) is 6.92 Å². The first-order valence-corrected chi connectivity index (χ1v) is 20.1. The molecule has 3 N–H and O–H groups in total. The predicted molar refractivity (Wildman–Crippen MR) is 212 cm³/mol. The number of hydrogen-bond donors (Lipinski definition) is 3. The average molecular weight is 854 g/mol. The molecule has 0 saturated carbocycles. The number of nitrogens with zero attached hydrogens (tertiary/aromatic N) is 2. The van der Waals surface area contributed by atoms with E-state index in [1.807, 2.05) is 38.9 Å². The number of fused-ring (bicyclic) bond motifs is 1. The Morgan fingerprint density at radius 3 is 2.45 bits per heavy atom. The molecule has 0 aliphatic carbocycles. The number of ether oxygens (including phenoxy) is 5. The third-order valence-corrected chi connectivity index (χ3v) is 11.9. The number of rotatable bonds is 8. The minimum Gasteiger partial charge on any atom is -0.459 e. The molecule has 1 aromatic rings. The maximum Gasteiger partial charge on any atom is 0.408 e. The van der Waals surface area contributed by atoms with Gasteiger partial charge in [0.25, 0.3) is 5.17 Å². The number of carbonyl (C=O) groups excluding carboxylic acids is 4. The average Bonchev–Trinajstić information content (AvgIpc) is 3.44.